The van der Waals surface area contributed by atoms with Crippen LogP contribution in [0.3, 0.4) is 0 Å². The molecule has 29 heavy (non-hydrogen) atoms. The zero-order valence-corrected chi connectivity index (χ0v) is 16.3. The second kappa shape index (κ2) is 8.14. The van der Waals surface area contributed by atoms with Crippen LogP contribution in [0.5, 0.6) is 5.75 Å². The van der Waals surface area contributed by atoms with Crippen LogP contribution in [0.4, 0.5) is 11.4 Å². The van der Waals surface area contributed by atoms with Gasteiger partial charge in [-0.2, -0.15) is 0 Å². The Kier molecular flexibility index (Phi) is 5.63. The van der Waals surface area contributed by atoms with E-state index < -0.39 is 16.7 Å². The number of imide groups is 1. The van der Waals surface area contributed by atoms with Crippen LogP contribution < -0.4 is 10.1 Å². The van der Waals surface area contributed by atoms with Gasteiger partial charge in [-0.1, -0.05) is 0 Å². The normalized spacial score (nSPS) is 14.0. The van der Waals surface area contributed by atoms with Gasteiger partial charge in [-0.3, -0.25) is 24.6 Å². The van der Waals surface area contributed by atoms with Crippen LogP contribution in [0, 0.1) is 10.1 Å². The van der Waals surface area contributed by atoms with E-state index in [-0.39, 0.29) is 23.0 Å². The molecule has 2 amide bonds. The number of nitrogens with zero attached hydrogens (tertiary/aromatic N) is 2. The lowest BCUT2D eigenvalue weighted by molar-refractivity contribution is -0.384. The first-order valence-electron chi connectivity index (χ1n) is 9.20. The Morgan fingerprint density at radius 2 is 1.66 bits per heavy atom. The van der Waals surface area contributed by atoms with Crippen molar-refractivity contribution in [2.24, 2.45) is 0 Å². The van der Waals surface area contributed by atoms with Crippen molar-refractivity contribution in [3.05, 3.63) is 69.9 Å². The third-order valence-electron chi connectivity index (χ3n) is 4.43. The van der Waals surface area contributed by atoms with E-state index in [1.165, 1.54) is 29.2 Å². The van der Waals surface area contributed by atoms with Crippen molar-refractivity contribution in [2.75, 3.05) is 11.9 Å². The molecule has 2 aromatic rings. The number of rotatable bonds is 7. The zero-order chi connectivity index (χ0) is 21.1. The van der Waals surface area contributed by atoms with Crippen LogP contribution in [0.25, 0.3) is 5.57 Å². The Morgan fingerprint density at radius 1 is 1.03 bits per heavy atom. The predicted molar refractivity (Wildman–Crippen MR) is 108 cm³/mol. The highest BCUT2D eigenvalue weighted by molar-refractivity contribution is 6.36. The number of ether oxygens (including phenoxy) is 1. The minimum atomic E-state index is -0.515. The number of carbonyl (C=O) groups is 2. The third-order valence-corrected chi connectivity index (χ3v) is 4.43. The summed E-state index contributed by atoms with van der Waals surface area (Å²) in [4.78, 5) is 37.5. The smallest absolute Gasteiger partial charge is 0.278 e. The molecule has 0 bridgehead atoms. The summed E-state index contributed by atoms with van der Waals surface area (Å²) in [7, 11) is 0. The average Bonchev–Trinajstić information content (AvgIpc) is 2.93. The monoisotopic (exact) mass is 395 g/mol. The molecule has 1 N–H and O–H groups in total. The molecule has 0 unspecified atom stereocenters. The fourth-order valence-electron chi connectivity index (χ4n) is 3.10. The number of non-ortho nitro benzene ring substituents is 1. The topological polar surface area (TPSA) is 102 Å². The fourth-order valence-corrected chi connectivity index (χ4v) is 3.10. The molecule has 8 nitrogen and oxygen atoms in total. The molecule has 1 heterocycles. The number of benzene rings is 2. The first-order valence-corrected chi connectivity index (χ1v) is 9.20. The van der Waals surface area contributed by atoms with Gasteiger partial charge in [0.25, 0.3) is 17.5 Å². The Balaban J connectivity index is 2.02. The molecule has 0 saturated carbocycles. The maximum Gasteiger partial charge on any atom is 0.278 e. The Labute approximate surface area is 167 Å². The van der Waals surface area contributed by atoms with Crippen LogP contribution in [0.1, 0.15) is 26.3 Å². The summed E-state index contributed by atoms with van der Waals surface area (Å²) in [5, 5.41) is 14.0. The summed E-state index contributed by atoms with van der Waals surface area (Å²) >= 11 is 0. The summed E-state index contributed by atoms with van der Waals surface area (Å²) < 4.78 is 5.41. The average molecular weight is 395 g/mol. The van der Waals surface area contributed by atoms with Crippen LogP contribution in [0.15, 0.2) is 54.2 Å². The number of amides is 2. The van der Waals surface area contributed by atoms with Gasteiger partial charge in [-0.05, 0) is 62.7 Å². The second-order valence-corrected chi connectivity index (χ2v) is 6.71. The lowest BCUT2D eigenvalue weighted by Crippen LogP contribution is -2.38. The number of nitrogens with one attached hydrogen (secondary N) is 1. The van der Waals surface area contributed by atoms with Crippen molar-refractivity contribution in [3.63, 3.8) is 0 Å². The van der Waals surface area contributed by atoms with Gasteiger partial charge in [0.2, 0.25) is 0 Å². The molecule has 150 valence electrons. The zero-order valence-electron chi connectivity index (χ0n) is 16.3. The number of nitro benzene ring substituents is 1. The van der Waals surface area contributed by atoms with Gasteiger partial charge in [-0.15, -0.1) is 0 Å². The first-order chi connectivity index (χ1) is 13.8. The van der Waals surface area contributed by atoms with E-state index in [1.807, 2.05) is 6.92 Å². The third kappa shape index (κ3) is 3.96. The van der Waals surface area contributed by atoms with E-state index in [0.717, 1.165) is 0 Å². The van der Waals surface area contributed by atoms with Crippen LogP contribution in [-0.2, 0) is 9.59 Å². The Bertz CT molecular complexity index is 978. The van der Waals surface area contributed by atoms with E-state index in [4.69, 9.17) is 4.74 Å². The summed E-state index contributed by atoms with van der Waals surface area (Å²) in [6, 6.07) is 12.3. The second-order valence-electron chi connectivity index (χ2n) is 6.71. The lowest BCUT2D eigenvalue weighted by Gasteiger charge is -2.19. The highest BCUT2D eigenvalue weighted by Gasteiger charge is 2.40. The fraction of sp³-hybridized carbons (Fsp3) is 0.238. The van der Waals surface area contributed by atoms with Crippen molar-refractivity contribution >= 4 is 28.8 Å². The highest BCUT2D eigenvalue weighted by atomic mass is 16.6. The van der Waals surface area contributed by atoms with Crippen molar-refractivity contribution in [2.45, 2.75) is 26.8 Å². The van der Waals surface area contributed by atoms with Crippen LogP contribution in [0.2, 0.25) is 0 Å². The van der Waals surface area contributed by atoms with E-state index in [1.54, 1.807) is 38.1 Å². The molecule has 2 aromatic carbocycles. The van der Waals surface area contributed by atoms with Crippen molar-refractivity contribution in [1.82, 2.24) is 4.90 Å². The first kappa shape index (κ1) is 20.1. The quantitative estimate of drug-likeness (QED) is 0.437. The van der Waals surface area contributed by atoms with Gasteiger partial charge in [0.05, 0.1) is 17.1 Å². The molecule has 1 aliphatic heterocycles. The molecule has 0 saturated heterocycles. The van der Waals surface area contributed by atoms with Gasteiger partial charge in [0, 0.05) is 23.9 Å². The van der Waals surface area contributed by atoms with Gasteiger partial charge >= 0.3 is 0 Å². The number of carbonyl (C=O) groups excluding carboxylic acids is 2. The molecule has 1 aliphatic rings. The largest absolute Gasteiger partial charge is 0.494 e. The van der Waals surface area contributed by atoms with Crippen LogP contribution >= 0.6 is 0 Å². The standard InChI is InChI=1S/C21H21N3O5/c1-4-29-17-11-7-15(8-12-17)22-19-18(20(25)23(13(2)3)21(19)26)14-5-9-16(10-6-14)24(27)28/h5-13,22H,4H2,1-3H3. The summed E-state index contributed by atoms with van der Waals surface area (Å²) in [5.41, 5.74) is 1.29. The molecule has 3 rings (SSSR count). The highest BCUT2D eigenvalue weighted by Crippen LogP contribution is 2.32. The van der Waals surface area contributed by atoms with Crippen LogP contribution in [-0.4, -0.2) is 34.3 Å². The van der Waals surface area contributed by atoms with Crippen molar-refractivity contribution < 1.29 is 19.2 Å². The number of nitro groups is 1. The van der Waals surface area contributed by atoms with Gasteiger partial charge < -0.3 is 10.1 Å². The Hall–Kier alpha value is -3.68. The SMILES string of the molecule is CCOc1ccc(NC2=C(c3ccc([N+](=O)[O-])cc3)C(=O)N(C(C)C)C2=O)cc1. The van der Waals surface area contributed by atoms with Gasteiger partial charge in [0.1, 0.15) is 11.4 Å². The maximum absolute atomic E-state index is 13.0. The predicted octanol–water partition coefficient (Wildman–Crippen LogP) is 3.59. The number of anilines is 1. The molecular weight excluding hydrogens is 374 g/mol. The molecule has 0 atom stereocenters. The maximum atomic E-state index is 13.0. The number of hydrogen-bond acceptors (Lipinski definition) is 6. The summed E-state index contributed by atoms with van der Waals surface area (Å²) in [6.07, 6.45) is 0. The Morgan fingerprint density at radius 3 is 2.17 bits per heavy atom. The van der Waals surface area contributed by atoms with Crippen molar-refractivity contribution in [1.29, 1.82) is 0 Å². The van der Waals surface area contributed by atoms with E-state index in [9.17, 15) is 19.7 Å². The van der Waals surface area contributed by atoms with E-state index >= 15 is 0 Å². The van der Waals surface area contributed by atoms with Gasteiger partial charge in [-0.25, -0.2) is 0 Å². The van der Waals surface area contributed by atoms with E-state index in [2.05, 4.69) is 5.32 Å². The minimum Gasteiger partial charge on any atom is -0.494 e. The molecule has 0 aromatic heterocycles. The van der Waals surface area contributed by atoms with E-state index in [0.29, 0.717) is 23.6 Å². The molecular formula is C21H21N3O5. The van der Waals surface area contributed by atoms with Crippen molar-refractivity contribution in [3.8, 4) is 5.75 Å². The molecule has 0 radical (unpaired) electrons. The summed E-state index contributed by atoms with van der Waals surface area (Å²) in [5.74, 6) is -0.181. The summed E-state index contributed by atoms with van der Waals surface area (Å²) in [6.45, 7) is 5.93. The molecule has 0 fully saturated rings. The lowest BCUT2D eigenvalue weighted by atomic mass is 10.0. The molecule has 0 spiro atoms. The molecule has 0 aliphatic carbocycles. The van der Waals surface area contributed by atoms with Gasteiger partial charge in [0.15, 0.2) is 0 Å². The molecule has 8 heteroatoms. The number of hydrogen-bond donors (Lipinski definition) is 1. The minimum absolute atomic E-state index is 0.0899.